The fraction of sp³-hybridized carbons (Fsp3) is 0.381. The van der Waals surface area contributed by atoms with Crippen molar-refractivity contribution in [3.05, 3.63) is 65.1 Å². The molecule has 1 saturated heterocycles. The number of para-hydroxylation sites is 1. The standard InChI is InChI=1S/C21H24N2O/c1-16-14-19-20(23(16)18-8-4-2-5-9-18)11-10-17(21(19)24)15-22-12-6-3-7-13-22/h2,4-5,8-9,14-15H,3,6-7,10-13H2,1H3/b17-15+. The number of piperidine rings is 1. The van der Waals surface area contributed by atoms with Crippen molar-refractivity contribution in [2.75, 3.05) is 13.1 Å². The number of Topliss-reactive ketones (excluding diaryl/α,β-unsaturated/α-hetero) is 1. The number of carbonyl (C=O) groups is 1. The minimum atomic E-state index is 0.222. The Labute approximate surface area is 143 Å². The summed E-state index contributed by atoms with van der Waals surface area (Å²) in [7, 11) is 0. The number of carbonyl (C=O) groups excluding carboxylic acids is 1. The zero-order chi connectivity index (χ0) is 16.5. The molecule has 4 rings (SSSR count). The summed E-state index contributed by atoms with van der Waals surface area (Å²) in [5, 5.41) is 0. The normalized spacial score (nSPS) is 19.6. The minimum absolute atomic E-state index is 0.222. The molecule has 0 bridgehead atoms. The van der Waals surface area contributed by atoms with Crippen molar-refractivity contribution in [3.63, 3.8) is 0 Å². The lowest BCUT2D eigenvalue weighted by Gasteiger charge is -2.27. The van der Waals surface area contributed by atoms with Gasteiger partial charge in [0.05, 0.1) is 0 Å². The first-order valence-electron chi connectivity index (χ1n) is 9.00. The van der Waals surface area contributed by atoms with E-state index in [0.717, 1.165) is 48.4 Å². The van der Waals surface area contributed by atoms with Crippen LogP contribution in [-0.2, 0) is 6.42 Å². The smallest absolute Gasteiger partial charge is 0.192 e. The molecule has 3 heteroatoms. The van der Waals surface area contributed by atoms with E-state index in [4.69, 9.17) is 0 Å². The van der Waals surface area contributed by atoms with Crippen LogP contribution in [0.15, 0.2) is 48.2 Å². The van der Waals surface area contributed by atoms with Crippen molar-refractivity contribution >= 4 is 5.78 Å². The summed E-state index contributed by atoms with van der Waals surface area (Å²) < 4.78 is 2.24. The van der Waals surface area contributed by atoms with E-state index in [9.17, 15) is 4.79 Å². The fourth-order valence-electron chi connectivity index (χ4n) is 4.00. The van der Waals surface area contributed by atoms with E-state index in [1.165, 1.54) is 25.0 Å². The number of aryl methyl sites for hydroxylation is 1. The molecule has 1 aromatic heterocycles. The van der Waals surface area contributed by atoms with Gasteiger partial charge in [0.1, 0.15) is 0 Å². The third kappa shape index (κ3) is 2.68. The average Bonchev–Trinajstić information content (AvgIpc) is 2.96. The average molecular weight is 320 g/mol. The Morgan fingerprint density at radius 3 is 2.50 bits per heavy atom. The van der Waals surface area contributed by atoms with Crippen LogP contribution in [0.1, 0.15) is 47.4 Å². The van der Waals surface area contributed by atoms with Gasteiger partial charge in [-0.05, 0) is 57.2 Å². The molecule has 0 spiro atoms. The topological polar surface area (TPSA) is 25.2 Å². The summed E-state index contributed by atoms with van der Waals surface area (Å²) >= 11 is 0. The Kier molecular flexibility index (Phi) is 4.01. The first kappa shape index (κ1) is 15.3. The Bertz CT molecular complexity index is 780. The van der Waals surface area contributed by atoms with Crippen LogP contribution >= 0.6 is 0 Å². The van der Waals surface area contributed by atoms with Crippen molar-refractivity contribution in [2.24, 2.45) is 0 Å². The molecule has 0 radical (unpaired) electrons. The second-order valence-electron chi connectivity index (χ2n) is 6.90. The summed E-state index contributed by atoms with van der Waals surface area (Å²) in [6.07, 6.45) is 7.72. The van der Waals surface area contributed by atoms with Gasteiger partial charge in [-0.2, -0.15) is 0 Å². The maximum Gasteiger partial charge on any atom is 0.192 e. The lowest BCUT2D eigenvalue weighted by Crippen LogP contribution is -2.26. The molecular formula is C21H24N2O. The molecule has 3 nitrogen and oxygen atoms in total. The zero-order valence-electron chi connectivity index (χ0n) is 14.3. The van der Waals surface area contributed by atoms with E-state index in [2.05, 4.69) is 40.8 Å². The van der Waals surface area contributed by atoms with E-state index in [1.807, 2.05) is 18.2 Å². The zero-order valence-corrected chi connectivity index (χ0v) is 14.3. The van der Waals surface area contributed by atoms with Crippen molar-refractivity contribution in [1.82, 2.24) is 9.47 Å². The molecule has 0 atom stereocenters. The van der Waals surface area contributed by atoms with E-state index >= 15 is 0 Å². The SMILES string of the molecule is Cc1cc2c(n1-c1ccccc1)CC/C(=C\N1CCCCC1)C2=O. The maximum absolute atomic E-state index is 13.0. The molecular weight excluding hydrogens is 296 g/mol. The molecule has 1 aliphatic heterocycles. The van der Waals surface area contributed by atoms with Crippen LogP contribution in [0.2, 0.25) is 0 Å². The molecule has 1 fully saturated rings. The third-order valence-electron chi connectivity index (χ3n) is 5.20. The number of allylic oxidation sites excluding steroid dienone is 1. The van der Waals surface area contributed by atoms with Crippen molar-refractivity contribution in [3.8, 4) is 5.69 Å². The molecule has 2 heterocycles. The molecule has 124 valence electrons. The van der Waals surface area contributed by atoms with Gasteiger partial charge in [-0.3, -0.25) is 4.79 Å². The number of rotatable bonds is 2. The molecule has 0 saturated carbocycles. The number of nitrogens with zero attached hydrogens (tertiary/aromatic N) is 2. The highest BCUT2D eigenvalue weighted by molar-refractivity contribution is 6.10. The maximum atomic E-state index is 13.0. The van der Waals surface area contributed by atoms with Crippen LogP contribution in [0.4, 0.5) is 0 Å². The first-order valence-corrected chi connectivity index (χ1v) is 9.00. The van der Waals surface area contributed by atoms with Gasteiger partial charge in [-0.25, -0.2) is 0 Å². The van der Waals surface area contributed by atoms with Crippen LogP contribution in [0.25, 0.3) is 5.69 Å². The highest BCUT2D eigenvalue weighted by Gasteiger charge is 2.27. The Morgan fingerprint density at radius 2 is 1.75 bits per heavy atom. The molecule has 2 aliphatic rings. The number of likely N-dealkylation sites (tertiary alicyclic amines) is 1. The van der Waals surface area contributed by atoms with E-state index in [-0.39, 0.29) is 5.78 Å². The van der Waals surface area contributed by atoms with Gasteiger partial charge in [-0.15, -0.1) is 0 Å². The first-order chi connectivity index (χ1) is 11.7. The van der Waals surface area contributed by atoms with Gasteiger partial charge in [-0.1, -0.05) is 18.2 Å². The molecule has 0 unspecified atom stereocenters. The largest absolute Gasteiger partial charge is 0.377 e. The number of fused-ring (bicyclic) bond motifs is 1. The van der Waals surface area contributed by atoms with Crippen molar-refractivity contribution in [2.45, 2.75) is 39.0 Å². The number of aromatic nitrogens is 1. The van der Waals surface area contributed by atoms with Gasteiger partial charge in [0.15, 0.2) is 5.78 Å². The Morgan fingerprint density at radius 1 is 1.00 bits per heavy atom. The number of hydrogen-bond acceptors (Lipinski definition) is 2. The number of ketones is 1. The second-order valence-corrected chi connectivity index (χ2v) is 6.90. The number of hydrogen-bond donors (Lipinski definition) is 0. The fourth-order valence-corrected chi connectivity index (χ4v) is 4.00. The van der Waals surface area contributed by atoms with Crippen LogP contribution in [-0.4, -0.2) is 28.3 Å². The summed E-state index contributed by atoms with van der Waals surface area (Å²) in [6.45, 7) is 4.27. The summed E-state index contributed by atoms with van der Waals surface area (Å²) in [5.41, 5.74) is 5.33. The summed E-state index contributed by atoms with van der Waals surface area (Å²) in [6, 6.07) is 12.4. The molecule has 0 N–H and O–H groups in total. The van der Waals surface area contributed by atoms with Crippen LogP contribution in [0.5, 0.6) is 0 Å². The third-order valence-corrected chi connectivity index (χ3v) is 5.20. The van der Waals surface area contributed by atoms with E-state index in [0.29, 0.717) is 0 Å². The number of benzene rings is 1. The van der Waals surface area contributed by atoms with Gasteiger partial charge >= 0.3 is 0 Å². The molecule has 1 aliphatic carbocycles. The molecule has 1 aromatic carbocycles. The van der Waals surface area contributed by atoms with Gasteiger partial charge in [0, 0.05) is 47.5 Å². The minimum Gasteiger partial charge on any atom is -0.377 e. The second kappa shape index (κ2) is 6.31. The predicted molar refractivity (Wildman–Crippen MR) is 96.7 cm³/mol. The van der Waals surface area contributed by atoms with Gasteiger partial charge in [0.25, 0.3) is 0 Å². The lowest BCUT2D eigenvalue weighted by atomic mass is 9.91. The van der Waals surface area contributed by atoms with Crippen molar-refractivity contribution in [1.29, 1.82) is 0 Å². The van der Waals surface area contributed by atoms with Crippen LogP contribution in [0, 0.1) is 6.92 Å². The lowest BCUT2D eigenvalue weighted by molar-refractivity contribution is 0.102. The van der Waals surface area contributed by atoms with Gasteiger partial charge in [0.2, 0.25) is 0 Å². The highest BCUT2D eigenvalue weighted by Crippen LogP contribution is 2.31. The molecule has 2 aromatic rings. The van der Waals surface area contributed by atoms with Crippen LogP contribution in [0.3, 0.4) is 0 Å². The monoisotopic (exact) mass is 320 g/mol. The summed E-state index contributed by atoms with van der Waals surface area (Å²) in [5.74, 6) is 0.222. The van der Waals surface area contributed by atoms with Crippen molar-refractivity contribution < 1.29 is 4.79 Å². The quantitative estimate of drug-likeness (QED) is 0.772. The van der Waals surface area contributed by atoms with Gasteiger partial charge < -0.3 is 9.47 Å². The summed E-state index contributed by atoms with van der Waals surface area (Å²) in [4.78, 5) is 15.3. The van der Waals surface area contributed by atoms with Crippen LogP contribution < -0.4 is 0 Å². The highest BCUT2D eigenvalue weighted by atomic mass is 16.1. The predicted octanol–water partition coefficient (Wildman–Crippen LogP) is 4.28. The van der Waals surface area contributed by atoms with E-state index < -0.39 is 0 Å². The molecule has 24 heavy (non-hydrogen) atoms. The Hall–Kier alpha value is -2.29. The Balaban J connectivity index is 1.68. The molecule has 0 amide bonds. The van der Waals surface area contributed by atoms with E-state index in [1.54, 1.807) is 0 Å².